The minimum atomic E-state index is -0.608. The number of aliphatic carboxylic acids is 1. The molecule has 0 saturated heterocycles. The molecule has 0 spiro atoms. The van der Waals surface area contributed by atoms with Gasteiger partial charge in [-0.2, -0.15) is 0 Å². The summed E-state index contributed by atoms with van der Waals surface area (Å²) in [5.41, 5.74) is 0. The van der Waals surface area contributed by atoms with Gasteiger partial charge in [0.2, 0.25) is 0 Å². The van der Waals surface area contributed by atoms with Crippen LogP contribution in [-0.2, 0) is 4.79 Å². The van der Waals surface area contributed by atoms with Crippen molar-refractivity contribution in [2.45, 2.75) is 70.9 Å². The molecule has 0 aromatic rings. The number of carboxylic acid groups (broad SMARTS) is 1. The smallest absolute Gasteiger partial charge is 0.308 e. The fourth-order valence-electron chi connectivity index (χ4n) is 3.72. The summed E-state index contributed by atoms with van der Waals surface area (Å²) in [6.07, 6.45) is 7.97. The highest BCUT2D eigenvalue weighted by Crippen LogP contribution is 2.32. The predicted octanol–water partition coefficient (Wildman–Crippen LogP) is 3.04. The van der Waals surface area contributed by atoms with Gasteiger partial charge in [-0.1, -0.05) is 39.5 Å². The van der Waals surface area contributed by atoms with Crippen molar-refractivity contribution >= 4 is 5.97 Å². The molecule has 0 amide bonds. The lowest BCUT2D eigenvalue weighted by molar-refractivity contribution is -0.144. The van der Waals surface area contributed by atoms with Gasteiger partial charge in [0.05, 0.1) is 5.92 Å². The second kappa shape index (κ2) is 6.05. The molecule has 0 aromatic carbocycles. The van der Waals surface area contributed by atoms with E-state index in [-0.39, 0.29) is 12.0 Å². The SMILES string of the molecule is CC1CCCC(NC2CCCCC2C(=O)O)C1C. The van der Waals surface area contributed by atoms with Crippen molar-refractivity contribution in [3.63, 3.8) is 0 Å². The van der Waals surface area contributed by atoms with E-state index in [0.29, 0.717) is 12.0 Å². The number of carboxylic acids is 1. The lowest BCUT2D eigenvalue weighted by Crippen LogP contribution is -2.51. The minimum Gasteiger partial charge on any atom is -0.481 e. The Morgan fingerprint density at radius 3 is 2.39 bits per heavy atom. The number of nitrogens with one attached hydrogen (secondary N) is 1. The van der Waals surface area contributed by atoms with Crippen molar-refractivity contribution in [2.75, 3.05) is 0 Å². The average Bonchev–Trinajstić information content (AvgIpc) is 2.35. The summed E-state index contributed by atoms with van der Waals surface area (Å²) < 4.78 is 0. The second-order valence-electron chi connectivity index (χ2n) is 6.38. The van der Waals surface area contributed by atoms with Crippen LogP contribution in [0, 0.1) is 17.8 Å². The lowest BCUT2D eigenvalue weighted by Gasteiger charge is -2.40. The van der Waals surface area contributed by atoms with E-state index in [2.05, 4.69) is 19.2 Å². The Labute approximate surface area is 110 Å². The molecule has 5 atom stereocenters. The zero-order chi connectivity index (χ0) is 13.1. The Kier molecular flexibility index (Phi) is 4.66. The Morgan fingerprint density at radius 2 is 1.67 bits per heavy atom. The van der Waals surface area contributed by atoms with Gasteiger partial charge in [0, 0.05) is 12.1 Å². The standard InChI is InChI=1S/C15H27NO2/c1-10-6-5-9-13(11(10)2)16-14-8-4-3-7-12(14)15(17)18/h10-14,16H,3-9H2,1-2H3,(H,17,18). The zero-order valence-electron chi connectivity index (χ0n) is 11.7. The molecule has 2 rings (SSSR count). The maximum absolute atomic E-state index is 11.3. The van der Waals surface area contributed by atoms with Crippen LogP contribution in [0.1, 0.15) is 58.8 Å². The molecule has 3 heteroatoms. The summed E-state index contributed by atoms with van der Waals surface area (Å²) >= 11 is 0. The Morgan fingerprint density at radius 1 is 1.00 bits per heavy atom. The summed E-state index contributed by atoms with van der Waals surface area (Å²) in [6.45, 7) is 4.65. The van der Waals surface area contributed by atoms with E-state index in [4.69, 9.17) is 0 Å². The molecule has 3 nitrogen and oxygen atoms in total. The first-order chi connectivity index (χ1) is 8.59. The van der Waals surface area contributed by atoms with Crippen molar-refractivity contribution in [1.29, 1.82) is 0 Å². The summed E-state index contributed by atoms with van der Waals surface area (Å²) in [6, 6.07) is 0.729. The molecule has 2 fully saturated rings. The third-order valence-corrected chi connectivity index (χ3v) is 5.22. The summed E-state index contributed by atoms with van der Waals surface area (Å²) in [7, 11) is 0. The highest BCUT2D eigenvalue weighted by molar-refractivity contribution is 5.71. The van der Waals surface area contributed by atoms with Gasteiger partial charge in [0.25, 0.3) is 0 Å². The van der Waals surface area contributed by atoms with Crippen LogP contribution in [0.4, 0.5) is 0 Å². The van der Waals surface area contributed by atoms with Crippen molar-refractivity contribution in [3.05, 3.63) is 0 Å². The van der Waals surface area contributed by atoms with Crippen LogP contribution < -0.4 is 5.32 Å². The van der Waals surface area contributed by atoms with Crippen LogP contribution in [0.2, 0.25) is 0 Å². The molecule has 2 N–H and O–H groups in total. The largest absolute Gasteiger partial charge is 0.481 e. The highest BCUT2D eigenvalue weighted by Gasteiger charge is 2.35. The van der Waals surface area contributed by atoms with Crippen LogP contribution in [0.3, 0.4) is 0 Å². The molecule has 2 aliphatic rings. The maximum atomic E-state index is 11.3. The van der Waals surface area contributed by atoms with E-state index >= 15 is 0 Å². The number of hydrogen-bond acceptors (Lipinski definition) is 2. The third-order valence-electron chi connectivity index (χ3n) is 5.22. The Balaban J connectivity index is 1.95. The van der Waals surface area contributed by atoms with Gasteiger partial charge in [0.1, 0.15) is 0 Å². The van der Waals surface area contributed by atoms with Crippen LogP contribution in [0.25, 0.3) is 0 Å². The fourth-order valence-corrected chi connectivity index (χ4v) is 3.72. The number of carbonyl (C=O) groups is 1. The van der Waals surface area contributed by atoms with E-state index in [0.717, 1.165) is 25.2 Å². The Bertz CT molecular complexity index is 292. The molecular formula is C15H27NO2. The van der Waals surface area contributed by atoms with E-state index in [1.807, 2.05) is 0 Å². The fraction of sp³-hybridized carbons (Fsp3) is 0.933. The monoisotopic (exact) mass is 253 g/mol. The van der Waals surface area contributed by atoms with E-state index < -0.39 is 5.97 Å². The van der Waals surface area contributed by atoms with Gasteiger partial charge < -0.3 is 10.4 Å². The van der Waals surface area contributed by atoms with Crippen molar-refractivity contribution in [2.24, 2.45) is 17.8 Å². The minimum absolute atomic E-state index is 0.164. The topological polar surface area (TPSA) is 49.3 Å². The summed E-state index contributed by atoms with van der Waals surface area (Å²) in [5.74, 6) is 0.671. The normalized spacial score (nSPS) is 41.6. The lowest BCUT2D eigenvalue weighted by atomic mass is 9.76. The first kappa shape index (κ1) is 13.9. The second-order valence-corrected chi connectivity index (χ2v) is 6.38. The molecule has 5 unspecified atom stereocenters. The first-order valence-electron chi connectivity index (χ1n) is 7.58. The summed E-state index contributed by atoms with van der Waals surface area (Å²) in [4.78, 5) is 11.3. The van der Waals surface area contributed by atoms with Crippen LogP contribution >= 0.6 is 0 Å². The van der Waals surface area contributed by atoms with Crippen LogP contribution in [0.5, 0.6) is 0 Å². The zero-order valence-corrected chi connectivity index (χ0v) is 11.7. The molecule has 0 aliphatic heterocycles. The first-order valence-corrected chi connectivity index (χ1v) is 7.58. The number of rotatable bonds is 3. The third kappa shape index (κ3) is 3.05. The predicted molar refractivity (Wildman–Crippen MR) is 72.5 cm³/mol. The molecule has 2 aliphatic carbocycles. The molecule has 2 saturated carbocycles. The van der Waals surface area contributed by atoms with Crippen LogP contribution in [0.15, 0.2) is 0 Å². The molecule has 104 valence electrons. The van der Waals surface area contributed by atoms with Gasteiger partial charge in [0.15, 0.2) is 0 Å². The molecule has 0 bridgehead atoms. The maximum Gasteiger partial charge on any atom is 0.308 e. The van der Waals surface area contributed by atoms with E-state index in [1.54, 1.807) is 0 Å². The Hall–Kier alpha value is -0.570. The van der Waals surface area contributed by atoms with Crippen molar-refractivity contribution in [3.8, 4) is 0 Å². The average molecular weight is 253 g/mol. The molecular weight excluding hydrogens is 226 g/mol. The van der Waals surface area contributed by atoms with Crippen LogP contribution in [-0.4, -0.2) is 23.2 Å². The summed E-state index contributed by atoms with van der Waals surface area (Å²) in [5, 5.41) is 13.0. The van der Waals surface area contributed by atoms with Gasteiger partial charge in [-0.25, -0.2) is 0 Å². The highest BCUT2D eigenvalue weighted by atomic mass is 16.4. The van der Waals surface area contributed by atoms with E-state index in [1.165, 1.54) is 25.7 Å². The molecule has 18 heavy (non-hydrogen) atoms. The molecule has 0 heterocycles. The van der Waals surface area contributed by atoms with Crippen molar-refractivity contribution in [1.82, 2.24) is 5.32 Å². The van der Waals surface area contributed by atoms with Gasteiger partial charge >= 0.3 is 5.97 Å². The number of hydrogen-bond donors (Lipinski definition) is 2. The van der Waals surface area contributed by atoms with Gasteiger partial charge in [-0.05, 0) is 31.1 Å². The van der Waals surface area contributed by atoms with E-state index in [9.17, 15) is 9.90 Å². The van der Waals surface area contributed by atoms with Gasteiger partial charge in [-0.15, -0.1) is 0 Å². The van der Waals surface area contributed by atoms with Crippen molar-refractivity contribution < 1.29 is 9.90 Å². The van der Waals surface area contributed by atoms with Gasteiger partial charge in [-0.3, -0.25) is 4.79 Å². The quantitative estimate of drug-likeness (QED) is 0.812. The molecule has 0 radical (unpaired) electrons. The molecule has 0 aromatic heterocycles.